The summed E-state index contributed by atoms with van der Waals surface area (Å²) in [6.45, 7) is 0.268. The van der Waals surface area contributed by atoms with Crippen LogP contribution in [0.2, 0.25) is 5.02 Å². The van der Waals surface area contributed by atoms with Gasteiger partial charge in [0.1, 0.15) is 5.75 Å². The van der Waals surface area contributed by atoms with E-state index in [1.807, 2.05) is 17.5 Å². The second kappa shape index (κ2) is 7.76. The number of sulfone groups is 1. The third-order valence-electron chi connectivity index (χ3n) is 4.05. The minimum absolute atomic E-state index is 0.0189. The van der Waals surface area contributed by atoms with E-state index < -0.39 is 9.84 Å². The zero-order valence-corrected chi connectivity index (χ0v) is 15.8. The van der Waals surface area contributed by atoms with Gasteiger partial charge in [-0.3, -0.25) is 4.79 Å². The van der Waals surface area contributed by atoms with Gasteiger partial charge in [0.25, 0.3) is 5.91 Å². The Kier molecular flexibility index (Phi) is 5.66. The molecule has 0 radical (unpaired) electrons. The molecule has 1 aliphatic heterocycles. The van der Waals surface area contributed by atoms with Crippen molar-refractivity contribution < 1.29 is 17.9 Å². The molecule has 8 heteroatoms. The molecule has 0 N–H and O–H groups in total. The number of amides is 1. The molecule has 0 saturated carbocycles. The van der Waals surface area contributed by atoms with E-state index in [9.17, 15) is 13.2 Å². The van der Waals surface area contributed by atoms with E-state index in [2.05, 4.69) is 0 Å². The predicted molar refractivity (Wildman–Crippen MR) is 98.9 cm³/mol. The van der Waals surface area contributed by atoms with E-state index in [0.717, 1.165) is 4.88 Å². The Morgan fingerprint density at radius 3 is 2.64 bits per heavy atom. The number of thiophene rings is 1. The summed E-state index contributed by atoms with van der Waals surface area (Å²) in [5.74, 6) is 0.480. The van der Waals surface area contributed by atoms with Gasteiger partial charge in [-0.05, 0) is 42.1 Å². The summed E-state index contributed by atoms with van der Waals surface area (Å²) in [4.78, 5) is 15.3. The first-order valence-corrected chi connectivity index (χ1v) is 10.9. The highest BCUT2D eigenvalue weighted by Crippen LogP contribution is 2.22. The lowest BCUT2D eigenvalue weighted by Crippen LogP contribution is -2.42. The van der Waals surface area contributed by atoms with E-state index >= 15 is 0 Å². The first-order valence-electron chi connectivity index (χ1n) is 7.83. The number of benzene rings is 1. The van der Waals surface area contributed by atoms with Gasteiger partial charge in [-0.1, -0.05) is 17.7 Å². The van der Waals surface area contributed by atoms with Crippen LogP contribution in [0.1, 0.15) is 11.3 Å². The predicted octanol–water partition coefficient (Wildman–Crippen LogP) is 3.00. The molecule has 1 fully saturated rings. The van der Waals surface area contributed by atoms with Crippen LogP contribution >= 0.6 is 22.9 Å². The zero-order chi connectivity index (χ0) is 17.9. The molecule has 25 heavy (non-hydrogen) atoms. The second-order valence-electron chi connectivity index (χ2n) is 5.90. The molecule has 1 amide bonds. The number of rotatable bonds is 6. The van der Waals surface area contributed by atoms with E-state index in [4.69, 9.17) is 16.3 Å². The van der Waals surface area contributed by atoms with Gasteiger partial charge in [-0.15, -0.1) is 11.3 Å². The molecule has 0 bridgehead atoms. The first kappa shape index (κ1) is 18.2. The number of carbonyl (C=O) groups is 1. The molecule has 1 aliphatic rings. The normalized spacial score (nSPS) is 18.8. The maximum atomic E-state index is 12.7. The SMILES string of the molecule is O=C(COc1ccc(Cl)cc1)N(Cc1cccs1)C1CCS(=O)(=O)C1. The second-order valence-corrected chi connectivity index (χ2v) is 9.60. The highest BCUT2D eigenvalue weighted by atomic mass is 35.5. The van der Waals surface area contributed by atoms with Crippen LogP contribution in [0.25, 0.3) is 0 Å². The van der Waals surface area contributed by atoms with Crippen LogP contribution in [0.15, 0.2) is 41.8 Å². The Bertz CT molecular complexity index is 819. The van der Waals surface area contributed by atoms with Crippen LogP contribution in [0.3, 0.4) is 0 Å². The number of halogens is 1. The fourth-order valence-electron chi connectivity index (χ4n) is 2.77. The summed E-state index contributed by atoms with van der Waals surface area (Å²) in [6, 6.07) is 10.3. The fraction of sp³-hybridized carbons (Fsp3) is 0.353. The van der Waals surface area contributed by atoms with Crippen LogP contribution in [0, 0.1) is 0 Å². The van der Waals surface area contributed by atoms with Crippen molar-refractivity contribution in [2.45, 2.75) is 19.0 Å². The summed E-state index contributed by atoms with van der Waals surface area (Å²) >= 11 is 7.38. The number of nitrogens with zero attached hydrogens (tertiary/aromatic N) is 1. The Morgan fingerprint density at radius 1 is 1.28 bits per heavy atom. The molecule has 2 heterocycles. The number of carbonyl (C=O) groups excluding carboxylic acids is 1. The Labute approximate surface area is 156 Å². The standard InChI is InChI=1S/C17H18ClNO4S2/c18-13-3-5-15(6-4-13)23-11-17(20)19(10-16-2-1-8-24-16)14-7-9-25(21,22)12-14/h1-6,8,14H,7,9-12H2. The smallest absolute Gasteiger partial charge is 0.261 e. The molecule has 1 aromatic heterocycles. The summed E-state index contributed by atoms with van der Waals surface area (Å²) in [5.41, 5.74) is 0. The van der Waals surface area contributed by atoms with Gasteiger partial charge < -0.3 is 9.64 Å². The molecule has 1 saturated heterocycles. The highest BCUT2D eigenvalue weighted by Gasteiger charge is 2.34. The molecule has 0 spiro atoms. The van der Waals surface area contributed by atoms with Crippen LogP contribution in [0.4, 0.5) is 0 Å². The van der Waals surface area contributed by atoms with E-state index in [-0.39, 0.29) is 30.1 Å². The topological polar surface area (TPSA) is 63.7 Å². The maximum Gasteiger partial charge on any atom is 0.261 e. The van der Waals surface area contributed by atoms with E-state index in [1.54, 1.807) is 40.5 Å². The average molecular weight is 400 g/mol. The fourth-order valence-corrected chi connectivity index (χ4v) is 5.33. The van der Waals surface area contributed by atoms with Crippen molar-refractivity contribution in [3.63, 3.8) is 0 Å². The molecule has 1 aromatic carbocycles. The zero-order valence-electron chi connectivity index (χ0n) is 13.4. The monoisotopic (exact) mass is 399 g/mol. The van der Waals surface area contributed by atoms with Gasteiger partial charge in [0.15, 0.2) is 16.4 Å². The minimum atomic E-state index is -3.07. The van der Waals surface area contributed by atoms with Crippen molar-refractivity contribution in [2.75, 3.05) is 18.1 Å². The number of hydrogen-bond donors (Lipinski definition) is 0. The van der Waals surface area contributed by atoms with Crippen LogP contribution in [0.5, 0.6) is 5.75 Å². The maximum absolute atomic E-state index is 12.7. The third kappa shape index (κ3) is 4.96. The van der Waals surface area contributed by atoms with E-state index in [0.29, 0.717) is 23.7 Å². The van der Waals surface area contributed by atoms with Gasteiger partial charge in [-0.2, -0.15) is 0 Å². The van der Waals surface area contributed by atoms with Gasteiger partial charge in [0.05, 0.1) is 18.1 Å². The van der Waals surface area contributed by atoms with Crippen LogP contribution in [-0.2, 0) is 21.2 Å². The first-order chi connectivity index (χ1) is 11.9. The van der Waals surface area contributed by atoms with Crippen molar-refractivity contribution in [2.24, 2.45) is 0 Å². The molecular formula is C17H18ClNO4S2. The molecule has 1 unspecified atom stereocenters. The molecule has 134 valence electrons. The lowest BCUT2D eigenvalue weighted by atomic mass is 10.2. The molecule has 5 nitrogen and oxygen atoms in total. The van der Waals surface area contributed by atoms with Crippen LogP contribution in [-0.4, -0.2) is 43.4 Å². The van der Waals surface area contributed by atoms with Crippen molar-refractivity contribution >= 4 is 38.7 Å². The Hall–Kier alpha value is -1.57. The van der Waals surface area contributed by atoms with Gasteiger partial charge in [-0.25, -0.2) is 8.42 Å². The van der Waals surface area contributed by atoms with Crippen molar-refractivity contribution in [1.82, 2.24) is 4.90 Å². The molecular weight excluding hydrogens is 382 g/mol. The third-order valence-corrected chi connectivity index (χ3v) is 6.92. The quantitative estimate of drug-likeness (QED) is 0.749. The summed E-state index contributed by atoms with van der Waals surface area (Å²) in [6.07, 6.45) is 0.473. The Morgan fingerprint density at radius 2 is 2.04 bits per heavy atom. The number of ether oxygens (including phenoxy) is 1. The van der Waals surface area contributed by atoms with E-state index in [1.165, 1.54) is 0 Å². The van der Waals surface area contributed by atoms with Crippen molar-refractivity contribution in [1.29, 1.82) is 0 Å². The lowest BCUT2D eigenvalue weighted by Gasteiger charge is -2.27. The molecule has 0 aliphatic carbocycles. The lowest BCUT2D eigenvalue weighted by molar-refractivity contribution is -0.135. The highest BCUT2D eigenvalue weighted by molar-refractivity contribution is 7.91. The van der Waals surface area contributed by atoms with Crippen LogP contribution < -0.4 is 4.74 Å². The summed E-state index contributed by atoms with van der Waals surface area (Å²) < 4.78 is 29.1. The largest absolute Gasteiger partial charge is 0.484 e. The van der Waals surface area contributed by atoms with Gasteiger partial charge >= 0.3 is 0 Å². The minimum Gasteiger partial charge on any atom is -0.484 e. The molecule has 2 aromatic rings. The summed E-state index contributed by atoms with van der Waals surface area (Å²) in [7, 11) is -3.07. The molecule has 3 rings (SSSR count). The Balaban J connectivity index is 1.69. The molecule has 1 atom stereocenters. The van der Waals surface area contributed by atoms with Crippen molar-refractivity contribution in [3.8, 4) is 5.75 Å². The number of hydrogen-bond acceptors (Lipinski definition) is 5. The summed E-state index contributed by atoms with van der Waals surface area (Å²) in [5, 5.41) is 2.53. The van der Waals surface area contributed by atoms with Gasteiger partial charge in [0.2, 0.25) is 0 Å². The van der Waals surface area contributed by atoms with Gasteiger partial charge in [0, 0.05) is 15.9 Å². The van der Waals surface area contributed by atoms with Crippen molar-refractivity contribution in [3.05, 3.63) is 51.7 Å². The average Bonchev–Trinajstić information content (AvgIpc) is 3.21.